The summed E-state index contributed by atoms with van der Waals surface area (Å²) >= 11 is 1.90. The fourth-order valence-corrected chi connectivity index (χ4v) is 2.75. The van der Waals surface area contributed by atoms with Crippen LogP contribution >= 0.6 is 11.8 Å². The van der Waals surface area contributed by atoms with Crippen LogP contribution in [0.3, 0.4) is 0 Å². The number of aliphatic imine (C=N–C) groups is 1. The quantitative estimate of drug-likeness (QED) is 0.391. The number of benzene rings is 1. The van der Waals surface area contributed by atoms with E-state index in [1.165, 1.54) is 37.0 Å². The van der Waals surface area contributed by atoms with Gasteiger partial charge in [-0.2, -0.15) is 11.8 Å². The van der Waals surface area contributed by atoms with Crippen LogP contribution in [0.1, 0.15) is 31.2 Å². The molecule has 23 heavy (non-hydrogen) atoms. The summed E-state index contributed by atoms with van der Waals surface area (Å²) in [7, 11) is 1.81. The molecule has 1 aliphatic carbocycles. The van der Waals surface area contributed by atoms with E-state index in [0.717, 1.165) is 37.3 Å². The zero-order valence-corrected chi connectivity index (χ0v) is 15.1. The second-order valence-corrected chi connectivity index (χ2v) is 6.90. The molecule has 128 valence electrons. The molecule has 0 atom stereocenters. The maximum absolute atomic E-state index is 5.95. The molecule has 5 heteroatoms. The van der Waals surface area contributed by atoms with Crippen LogP contribution in [0.25, 0.3) is 0 Å². The molecule has 0 bridgehead atoms. The van der Waals surface area contributed by atoms with Crippen molar-refractivity contribution >= 4 is 17.7 Å². The van der Waals surface area contributed by atoms with E-state index in [1.807, 2.05) is 24.9 Å². The molecule has 0 aromatic heterocycles. The highest BCUT2D eigenvalue weighted by molar-refractivity contribution is 7.98. The van der Waals surface area contributed by atoms with Crippen molar-refractivity contribution in [2.24, 2.45) is 10.9 Å². The number of hydrogen-bond donors (Lipinski definition) is 2. The maximum atomic E-state index is 5.95. The van der Waals surface area contributed by atoms with Crippen LogP contribution in [0.15, 0.2) is 29.3 Å². The molecular formula is C18H29N3OS. The Kier molecular flexibility index (Phi) is 8.15. The Morgan fingerprint density at radius 1 is 1.26 bits per heavy atom. The van der Waals surface area contributed by atoms with E-state index in [4.69, 9.17) is 4.74 Å². The lowest BCUT2D eigenvalue weighted by Crippen LogP contribution is -2.37. The van der Waals surface area contributed by atoms with Gasteiger partial charge < -0.3 is 15.4 Å². The van der Waals surface area contributed by atoms with Crippen molar-refractivity contribution < 1.29 is 4.74 Å². The van der Waals surface area contributed by atoms with Gasteiger partial charge in [-0.25, -0.2) is 0 Å². The summed E-state index contributed by atoms with van der Waals surface area (Å²) in [5.74, 6) is 3.83. The van der Waals surface area contributed by atoms with E-state index in [2.05, 4.69) is 40.1 Å². The first-order chi connectivity index (χ1) is 11.3. The fraction of sp³-hybridized carbons (Fsp3) is 0.611. The Balaban J connectivity index is 1.74. The van der Waals surface area contributed by atoms with Crippen LogP contribution in [0.2, 0.25) is 0 Å². The van der Waals surface area contributed by atoms with E-state index >= 15 is 0 Å². The number of para-hydroxylation sites is 1. The zero-order valence-electron chi connectivity index (χ0n) is 14.3. The third-order valence-electron chi connectivity index (χ3n) is 3.88. The number of thioether (sulfide) groups is 1. The fourth-order valence-electron chi connectivity index (χ4n) is 2.26. The lowest BCUT2D eigenvalue weighted by molar-refractivity contribution is 0.296. The van der Waals surface area contributed by atoms with Crippen molar-refractivity contribution in [3.63, 3.8) is 0 Å². The van der Waals surface area contributed by atoms with Crippen molar-refractivity contribution in [2.45, 2.75) is 32.2 Å². The van der Waals surface area contributed by atoms with E-state index < -0.39 is 0 Å². The topological polar surface area (TPSA) is 45.7 Å². The number of nitrogens with zero attached hydrogens (tertiary/aromatic N) is 1. The van der Waals surface area contributed by atoms with Crippen LogP contribution in [0.5, 0.6) is 5.75 Å². The summed E-state index contributed by atoms with van der Waals surface area (Å²) in [6, 6.07) is 8.25. The van der Waals surface area contributed by atoms with Crippen molar-refractivity contribution in [3.8, 4) is 5.75 Å². The summed E-state index contributed by atoms with van der Waals surface area (Å²) in [6.07, 6.45) is 7.18. The second-order valence-electron chi connectivity index (χ2n) is 5.91. The molecule has 0 spiro atoms. The van der Waals surface area contributed by atoms with Gasteiger partial charge in [-0.05, 0) is 49.7 Å². The van der Waals surface area contributed by atoms with E-state index in [-0.39, 0.29) is 0 Å². The van der Waals surface area contributed by atoms with Gasteiger partial charge in [0.2, 0.25) is 0 Å². The molecule has 0 unspecified atom stereocenters. The average molecular weight is 336 g/mol. The van der Waals surface area contributed by atoms with Crippen LogP contribution in [-0.4, -0.2) is 38.2 Å². The summed E-state index contributed by atoms with van der Waals surface area (Å²) < 4.78 is 5.95. The first-order valence-corrected chi connectivity index (χ1v) is 9.87. The number of hydrogen-bond acceptors (Lipinski definition) is 3. The van der Waals surface area contributed by atoms with Gasteiger partial charge >= 0.3 is 0 Å². The van der Waals surface area contributed by atoms with E-state index in [9.17, 15) is 0 Å². The zero-order chi connectivity index (χ0) is 16.3. The van der Waals surface area contributed by atoms with Gasteiger partial charge in [0, 0.05) is 25.7 Å². The number of nitrogens with one attached hydrogen (secondary N) is 2. The van der Waals surface area contributed by atoms with Crippen molar-refractivity contribution in [1.29, 1.82) is 0 Å². The first-order valence-electron chi connectivity index (χ1n) is 8.47. The first kappa shape index (κ1) is 18.0. The molecule has 0 heterocycles. The molecule has 0 amide bonds. The summed E-state index contributed by atoms with van der Waals surface area (Å²) in [5.41, 5.74) is 1.18. The summed E-state index contributed by atoms with van der Waals surface area (Å²) in [4.78, 5) is 4.28. The second kappa shape index (κ2) is 10.4. The van der Waals surface area contributed by atoms with Gasteiger partial charge in [0.05, 0.1) is 6.61 Å². The number of rotatable bonds is 10. The normalized spacial score (nSPS) is 14.6. The molecule has 1 aromatic carbocycles. The predicted octanol–water partition coefficient (Wildman–Crippen LogP) is 3.28. The average Bonchev–Trinajstić information content (AvgIpc) is 3.40. The minimum Gasteiger partial charge on any atom is -0.493 e. The molecule has 1 aliphatic rings. The molecule has 0 saturated heterocycles. The molecular weight excluding hydrogens is 306 g/mol. The largest absolute Gasteiger partial charge is 0.493 e. The molecule has 2 rings (SSSR count). The minimum absolute atomic E-state index is 0.728. The van der Waals surface area contributed by atoms with Gasteiger partial charge in [0.15, 0.2) is 5.96 Å². The van der Waals surface area contributed by atoms with Gasteiger partial charge in [-0.1, -0.05) is 18.2 Å². The maximum Gasteiger partial charge on any atom is 0.191 e. The SMILES string of the molecule is CN=C(NCCCCSC)NCc1ccccc1OCC1CC1. The van der Waals surface area contributed by atoms with Crippen molar-refractivity contribution in [3.05, 3.63) is 29.8 Å². The highest BCUT2D eigenvalue weighted by Gasteiger charge is 2.22. The molecule has 2 N–H and O–H groups in total. The van der Waals surface area contributed by atoms with Crippen molar-refractivity contribution in [2.75, 3.05) is 32.2 Å². The Hall–Kier alpha value is -1.36. The van der Waals surface area contributed by atoms with Gasteiger partial charge in [0.25, 0.3) is 0 Å². The summed E-state index contributed by atoms with van der Waals surface area (Å²) in [5, 5.41) is 6.74. The Morgan fingerprint density at radius 3 is 2.83 bits per heavy atom. The molecule has 1 fully saturated rings. The van der Waals surface area contributed by atoms with E-state index in [0.29, 0.717) is 0 Å². The predicted molar refractivity (Wildman–Crippen MR) is 100 cm³/mol. The van der Waals surface area contributed by atoms with Crippen LogP contribution in [0.4, 0.5) is 0 Å². The molecule has 0 aliphatic heterocycles. The Labute approximate surface area is 144 Å². The molecule has 1 aromatic rings. The monoisotopic (exact) mass is 335 g/mol. The third-order valence-corrected chi connectivity index (χ3v) is 4.58. The van der Waals surface area contributed by atoms with Crippen LogP contribution < -0.4 is 15.4 Å². The lowest BCUT2D eigenvalue weighted by atomic mass is 10.2. The third kappa shape index (κ3) is 7.16. The molecule has 4 nitrogen and oxygen atoms in total. The summed E-state index contributed by atoms with van der Waals surface area (Å²) in [6.45, 7) is 2.53. The Bertz CT molecular complexity index is 489. The minimum atomic E-state index is 0.728. The number of unbranched alkanes of at least 4 members (excludes halogenated alkanes) is 1. The van der Waals surface area contributed by atoms with Gasteiger partial charge in [-0.3, -0.25) is 4.99 Å². The van der Waals surface area contributed by atoms with Gasteiger partial charge in [-0.15, -0.1) is 0 Å². The number of ether oxygens (including phenoxy) is 1. The lowest BCUT2D eigenvalue weighted by Gasteiger charge is -2.14. The van der Waals surface area contributed by atoms with E-state index in [1.54, 1.807) is 0 Å². The highest BCUT2D eigenvalue weighted by atomic mass is 32.2. The number of guanidine groups is 1. The van der Waals surface area contributed by atoms with Gasteiger partial charge in [0.1, 0.15) is 5.75 Å². The van der Waals surface area contributed by atoms with Crippen LogP contribution in [-0.2, 0) is 6.54 Å². The van der Waals surface area contributed by atoms with Crippen molar-refractivity contribution in [1.82, 2.24) is 10.6 Å². The van der Waals surface area contributed by atoms with Crippen LogP contribution in [0, 0.1) is 5.92 Å². The molecule has 1 saturated carbocycles. The smallest absolute Gasteiger partial charge is 0.191 e. The highest BCUT2D eigenvalue weighted by Crippen LogP contribution is 2.30. The molecule has 0 radical (unpaired) electrons. The standard InChI is InChI=1S/C18H29N3OS/c1-19-18(20-11-5-6-12-23-2)21-13-16-7-3-4-8-17(16)22-14-15-9-10-15/h3-4,7-8,15H,5-6,9-14H2,1-2H3,(H2,19,20,21). The Morgan fingerprint density at radius 2 is 2.09 bits per heavy atom.